The number of ether oxygens (including phenoxy) is 2. The minimum absolute atomic E-state index is 0.0313. The summed E-state index contributed by atoms with van der Waals surface area (Å²) in [6, 6.07) is 3.28. The van der Waals surface area contributed by atoms with Gasteiger partial charge in [-0.25, -0.2) is 0 Å². The number of amides is 1. The van der Waals surface area contributed by atoms with Crippen LogP contribution in [0, 0.1) is 3.57 Å². The maximum atomic E-state index is 12.3. The quantitative estimate of drug-likeness (QED) is 0.310. The number of hydrogen-bond acceptors (Lipinski definition) is 6. The predicted molar refractivity (Wildman–Crippen MR) is 94.8 cm³/mol. The zero-order valence-electron chi connectivity index (χ0n) is 12.3. The van der Waals surface area contributed by atoms with Crippen molar-refractivity contribution in [2.24, 2.45) is 0 Å². The van der Waals surface area contributed by atoms with E-state index in [0.717, 1.165) is 4.90 Å². The summed E-state index contributed by atoms with van der Waals surface area (Å²) in [4.78, 5) is 24.7. The van der Waals surface area contributed by atoms with Gasteiger partial charge in [-0.3, -0.25) is 14.5 Å². The topological polar surface area (TPSA) is 88.1 Å². The maximum Gasteiger partial charge on any atom is 0.325 e. The number of rotatable bonds is 4. The highest BCUT2D eigenvalue weighted by atomic mass is 127. The van der Waals surface area contributed by atoms with Crippen LogP contribution in [0.2, 0.25) is 0 Å². The molecule has 0 unspecified atom stereocenters. The summed E-state index contributed by atoms with van der Waals surface area (Å²) in [5, 5.41) is 12.7. The van der Waals surface area contributed by atoms with Crippen LogP contribution in [0.4, 0.5) is 0 Å². The zero-order valence-corrected chi connectivity index (χ0v) is 15.2. The molecular weight excluding hydrogens is 435 g/mol. The van der Waals surface area contributed by atoms with Gasteiger partial charge in [0.1, 0.15) is 12.2 Å². The lowest BCUT2D eigenvalue weighted by Gasteiger charge is -2.11. The van der Waals surface area contributed by atoms with Gasteiger partial charge in [0.15, 0.2) is 16.6 Å². The van der Waals surface area contributed by atoms with Gasteiger partial charge in [-0.05, 0) is 58.6 Å². The summed E-state index contributed by atoms with van der Waals surface area (Å²) in [7, 11) is 2.68. The maximum absolute atomic E-state index is 12.3. The highest BCUT2D eigenvalue weighted by Gasteiger charge is 2.32. The van der Waals surface area contributed by atoms with E-state index in [4.69, 9.17) is 17.0 Å². The fraction of sp³-hybridized carbons (Fsp3) is 0.214. The molecule has 1 aromatic rings. The Labute approximate surface area is 151 Å². The number of aromatic hydroxyl groups is 1. The number of phenols is 1. The summed E-state index contributed by atoms with van der Waals surface area (Å²) in [5.41, 5.74) is 0.866. The summed E-state index contributed by atoms with van der Waals surface area (Å²) in [6.45, 7) is -0.255. The second-order valence-electron chi connectivity index (χ2n) is 4.51. The third kappa shape index (κ3) is 3.72. The molecule has 2 rings (SSSR count). The van der Waals surface area contributed by atoms with Crippen LogP contribution < -0.4 is 10.1 Å². The van der Waals surface area contributed by atoms with Gasteiger partial charge in [0, 0.05) is 0 Å². The Morgan fingerprint density at radius 1 is 1.48 bits per heavy atom. The number of phenolic OH excluding ortho intramolecular Hbond substituents is 1. The number of thiocarbonyl (C=S) groups is 1. The summed E-state index contributed by atoms with van der Waals surface area (Å²) in [6.07, 6.45) is 1.57. The molecular formula is C14H13IN2O5S. The largest absolute Gasteiger partial charge is 0.504 e. The Morgan fingerprint density at radius 3 is 2.78 bits per heavy atom. The Hall–Kier alpha value is -1.88. The van der Waals surface area contributed by atoms with Gasteiger partial charge in [0.05, 0.1) is 17.8 Å². The van der Waals surface area contributed by atoms with E-state index in [-0.39, 0.29) is 23.1 Å². The predicted octanol–water partition coefficient (Wildman–Crippen LogP) is 1.24. The average molecular weight is 448 g/mol. The van der Waals surface area contributed by atoms with E-state index in [2.05, 4.69) is 10.1 Å². The average Bonchev–Trinajstić information content (AvgIpc) is 2.78. The lowest BCUT2D eigenvalue weighted by molar-refractivity contribution is -0.143. The Morgan fingerprint density at radius 2 is 2.17 bits per heavy atom. The fourth-order valence-corrected chi connectivity index (χ4v) is 2.79. The molecule has 7 nitrogen and oxygen atoms in total. The number of hydrogen-bond donors (Lipinski definition) is 2. The van der Waals surface area contributed by atoms with Crippen molar-refractivity contribution in [1.82, 2.24) is 10.2 Å². The molecule has 122 valence electrons. The molecule has 1 fully saturated rings. The molecule has 0 atom stereocenters. The number of nitrogens with one attached hydrogen (secondary N) is 1. The van der Waals surface area contributed by atoms with Crippen molar-refractivity contribution in [2.75, 3.05) is 20.8 Å². The first kappa shape index (κ1) is 17.5. The van der Waals surface area contributed by atoms with Crippen LogP contribution in [0.5, 0.6) is 11.5 Å². The Kier molecular flexibility index (Phi) is 5.42. The van der Waals surface area contributed by atoms with Gasteiger partial charge in [0.25, 0.3) is 5.91 Å². The highest BCUT2D eigenvalue weighted by Crippen LogP contribution is 2.33. The molecule has 1 heterocycles. The van der Waals surface area contributed by atoms with E-state index >= 15 is 0 Å². The van der Waals surface area contributed by atoms with Crippen molar-refractivity contribution >= 4 is 57.9 Å². The van der Waals surface area contributed by atoms with E-state index in [0.29, 0.717) is 14.9 Å². The van der Waals surface area contributed by atoms with Crippen LogP contribution in [0.15, 0.2) is 17.8 Å². The number of benzene rings is 1. The second-order valence-corrected chi connectivity index (χ2v) is 6.06. The molecule has 9 heteroatoms. The first-order valence-electron chi connectivity index (χ1n) is 6.35. The van der Waals surface area contributed by atoms with E-state index in [1.807, 2.05) is 22.6 Å². The van der Waals surface area contributed by atoms with Gasteiger partial charge < -0.3 is 19.9 Å². The fourth-order valence-electron chi connectivity index (χ4n) is 1.91. The molecule has 0 radical (unpaired) electrons. The lowest BCUT2D eigenvalue weighted by atomic mass is 10.1. The number of methoxy groups -OCH3 is 2. The number of nitrogens with zero attached hydrogens (tertiary/aromatic N) is 1. The van der Waals surface area contributed by atoms with E-state index < -0.39 is 11.9 Å². The Balaban J connectivity index is 2.31. The number of carbonyl (C=O) groups is 2. The van der Waals surface area contributed by atoms with Crippen molar-refractivity contribution in [1.29, 1.82) is 0 Å². The van der Waals surface area contributed by atoms with Crippen molar-refractivity contribution in [3.05, 3.63) is 27.0 Å². The number of esters is 1. The van der Waals surface area contributed by atoms with Gasteiger partial charge in [-0.1, -0.05) is 0 Å². The third-order valence-corrected chi connectivity index (χ3v) is 4.20. The SMILES string of the molecule is COC(=O)CN1C(=O)/C(=C/c2cc(I)c(O)c(OC)c2)NC1=S. The second kappa shape index (κ2) is 7.13. The summed E-state index contributed by atoms with van der Waals surface area (Å²) >= 11 is 7.01. The van der Waals surface area contributed by atoms with E-state index in [1.54, 1.807) is 18.2 Å². The molecule has 1 aromatic carbocycles. The van der Waals surface area contributed by atoms with Crippen LogP contribution >= 0.6 is 34.8 Å². The van der Waals surface area contributed by atoms with E-state index in [9.17, 15) is 14.7 Å². The molecule has 0 spiro atoms. The third-order valence-electron chi connectivity index (χ3n) is 3.06. The smallest absolute Gasteiger partial charge is 0.325 e. The molecule has 0 bridgehead atoms. The van der Waals surface area contributed by atoms with Crippen molar-refractivity contribution < 1.29 is 24.2 Å². The van der Waals surface area contributed by atoms with Crippen molar-refractivity contribution in [2.45, 2.75) is 0 Å². The van der Waals surface area contributed by atoms with Gasteiger partial charge in [0.2, 0.25) is 0 Å². The van der Waals surface area contributed by atoms with Crippen LogP contribution in [0.25, 0.3) is 6.08 Å². The summed E-state index contributed by atoms with van der Waals surface area (Å²) < 4.78 is 10.2. The molecule has 1 aliphatic heterocycles. The molecule has 23 heavy (non-hydrogen) atoms. The van der Waals surface area contributed by atoms with Crippen molar-refractivity contribution in [3.63, 3.8) is 0 Å². The number of carbonyl (C=O) groups excluding carboxylic acids is 2. The zero-order chi connectivity index (χ0) is 17.1. The molecule has 1 aliphatic rings. The molecule has 0 saturated carbocycles. The minimum Gasteiger partial charge on any atom is -0.504 e. The normalized spacial score (nSPS) is 15.8. The lowest BCUT2D eigenvalue weighted by Crippen LogP contribution is -2.35. The van der Waals surface area contributed by atoms with Crippen LogP contribution in [-0.2, 0) is 14.3 Å². The number of halogens is 1. The minimum atomic E-state index is -0.565. The van der Waals surface area contributed by atoms with Gasteiger partial charge in [-0.2, -0.15) is 0 Å². The standard InChI is InChI=1S/C14H13IN2O5S/c1-21-10-5-7(3-8(15)12(10)19)4-9-13(20)17(14(23)16-9)6-11(18)22-2/h3-5,19H,6H2,1-2H3,(H,16,23)/b9-4-. The van der Waals surface area contributed by atoms with Crippen LogP contribution in [0.3, 0.4) is 0 Å². The monoisotopic (exact) mass is 448 g/mol. The van der Waals surface area contributed by atoms with Gasteiger partial charge >= 0.3 is 5.97 Å². The molecule has 1 saturated heterocycles. The van der Waals surface area contributed by atoms with E-state index in [1.165, 1.54) is 14.2 Å². The van der Waals surface area contributed by atoms with Crippen LogP contribution in [-0.4, -0.2) is 47.8 Å². The summed E-state index contributed by atoms with van der Waals surface area (Å²) in [5.74, 6) is -0.668. The molecule has 0 aliphatic carbocycles. The Bertz CT molecular complexity index is 719. The van der Waals surface area contributed by atoms with Crippen LogP contribution in [0.1, 0.15) is 5.56 Å². The molecule has 2 N–H and O–H groups in total. The first-order chi connectivity index (χ1) is 10.9. The molecule has 1 amide bonds. The van der Waals surface area contributed by atoms with Gasteiger partial charge in [-0.15, -0.1) is 0 Å². The highest BCUT2D eigenvalue weighted by molar-refractivity contribution is 14.1. The molecule has 0 aromatic heterocycles. The first-order valence-corrected chi connectivity index (χ1v) is 7.84. The van der Waals surface area contributed by atoms with Crippen molar-refractivity contribution in [3.8, 4) is 11.5 Å².